The highest BCUT2D eigenvalue weighted by Gasteiger charge is 2.20. The number of hydrazine groups is 1. The van der Waals surface area contributed by atoms with Gasteiger partial charge < -0.3 is 14.6 Å². The van der Waals surface area contributed by atoms with Gasteiger partial charge in [-0.05, 0) is 6.42 Å². The molecule has 1 unspecified atom stereocenters. The number of hydrogen-bond donors (Lipinski definition) is 2. The number of esters is 1. The van der Waals surface area contributed by atoms with Crippen LogP contribution in [0.5, 0.6) is 0 Å². The smallest absolute Gasteiger partial charge is 0.424 e. The summed E-state index contributed by atoms with van der Waals surface area (Å²) >= 11 is 0. The van der Waals surface area contributed by atoms with E-state index in [0.717, 1.165) is 0 Å². The number of carbonyl (C=O) groups is 3. The molecule has 1 fully saturated rings. The van der Waals surface area contributed by atoms with E-state index < -0.39 is 24.4 Å². The van der Waals surface area contributed by atoms with Gasteiger partial charge in [0.1, 0.15) is 6.61 Å². The Morgan fingerprint density at radius 3 is 2.48 bits per heavy atom. The molecule has 10 heteroatoms. The lowest BCUT2D eigenvalue weighted by molar-refractivity contribution is -0.148. The number of ether oxygens (including phenoxy) is 2. The van der Waals surface area contributed by atoms with E-state index in [-0.39, 0.29) is 25.9 Å². The topological polar surface area (TPSA) is 108 Å². The summed E-state index contributed by atoms with van der Waals surface area (Å²) in [6.45, 7) is 4.87. The van der Waals surface area contributed by atoms with E-state index in [4.69, 9.17) is 9.84 Å². The average Bonchev–Trinajstić information content (AvgIpc) is 2.54. The van der Waals surface area contributed by atoms with Crippen LogP contribution in [0.25, 0.3) is 0 Å². The monoisotopic (exact) mass is 363 g/mol. The normalized spacial score (nSPS) is 16.9. The molecule has 1 aliphatic heterocycles. The molecule has 1 rings (SSSR count). The minimum absolute atomic E-state index is 0.136. The molecule has 9 nitrogen and oxygen atoms in total. The highest BCUT2D eigenvalue weighted by molar-refractivity contribution is 5.76. The van der Waals surface area contributed by atoms with Crippen molar-refractivity contribution in [2.45, 2.75) is 39.0 Å². The summed E-state index contributed by atoms with van der Waals surface area (Å²) in [7, 11) is 0. The van der Waals surface area contributed by atoms with Crippen molar-refractivity contribution in [2.24, 2.45) is 0 Å². The van der Waals surface area contributed by atoms with Gasteiger partial charge in [0.2, 0.25) is 6.36 Å². The average molecular weight is 363 g/mol. The van der Waals surface area contributed by atoms with Crippen molar-refractivity contribution >= 4 is 18.0 Å². The number of aliphatic carboxylic acids is 1. The molecule has 2 N–H and O–H groups in total. The van der Waals surface area contributed by atoms with Crippen LogP contribution in [0.3, 0.4) is 0 Å². The van der Waals surface area contributed by atoms with Crippen LogP contribution in [-0.4, -0.2) is 78.7 Å². The van der Waals surface area contributed by atoms with Crippen molar-refractivity contribution < 1.29 is 33.4 Å². The molecule has 0 aromatic carbocycles. The zero-order valence-electron chi connectivity index (χ0n) is 14.4. The van der Waals surface area contributed by atoms with Crippen molar-refractivity contribution in [1.82, 2.24) is 15.3 Å². The predicted octanol–water partition coefficient (Wildman–Crippen LogP) is 0.749. The van der Waals surface area contributed by atoms with Crippen molar-refractivity contribution in [3.05, 3.63) is 0 Å². The first-order valence-corrected chi connectivity index (χ1v) is 8.36. The van der Waals surface area contributed by atoms with Gasteiger partial charge in [-0.25, -0.2) is 14.2 Å². The number of piperazine rings is 1. The van der Waals surface area contributed by atoms with Crippen LogP contribution in [0.2, 0.25) is 0 Å². The summed E-state index contributed by atoms with van der Waals surface area (Å²) < 4.78 is 22.7. The van der Waals surface area contributed by atoms with Gasteiger partial charge in [0.25, 0.3) is 0 Å². The van der Waals surface area contributed by atoms with Crippen LogP contribution < -0.4 is 5.43 Å². The quantitative estimate of drug-likeness (QED) is 0.548. The largest absolute Gasteiger partial charge is 0.481 e. The van der Waals surface area contributed by atoms with E-state index in [1.54, 1.807) is 11.9 Å². The molecule has 1 aliphatic rings. The van der Waals surface area contributed by atoms with Crippen molar-refractivity contribution in [2.75, 3.05) is 39.3 Å². The van der Waals surface area contributed by atoms with Crippen LogP contribution in [0.15, 0.2) is 0 Å². The Balaban J connectivity index is 2.12. The van der Waals surface area contributed by atoms with E-state index in [9.17, 15) is 18.8 Å². The Morgan fingerprint density at radius 2 is 1.88 bits per heavy atom. The van der Waals surface area contributed by atoms with Gasteiger partial charge in [0.05, 0.1) is 12.8 Å². The maximum absolute atomic E-state index is 13.2. The van der Waals surface area contributed by atoms with Gasteiger partial charge in [0.15, 0.2) is 0 Å². The SMILES string of the molecule is CCCC(F)OC(=O)NN1CCN(CCOC(=O)CCC(=O)O)CC1. The first-order valence-electron chi connectivity index (χ1n) is 8.36. The predicted molar refractivity (Wildman–Crippen MR) is 85.3 cm³/mol. The third-order valence-corrected chi connectivity index (χ3v) is 3.59. The first-order chi connectivity index (χ1) is 11.9. The van der Waals surface area contributed by atoms with E-state index in [1.165, 1.54) is 0 Å². The number of nitrogens with one attached hydrogen (secondary N) is 1. The molecule has 0 aliphatic carbocycles. The maximum atomic E-state index is 13.2. The van der Waals surface area contributed by atoms with E-state index in [1.807, 2.05) is 4.90 Å². The molecule has 1 saturated heterocycles. The fraction of sp³-hybridized carbons (Fsp3) is 0.800. The number of amides is 1. The molecule has 0 bridgehead atoms. The van der Waals surface area contributed by atoms with Gasteiger partial charge >= 0.3 is 18.0 Å². The molecule has 0 saturated carbocycles. The molecule has 0 aromatic rings. The van der Waals surface area contributed by atoms with E-state index in [2.05, 4.69) is 10.2 Å². The number of hydrogen-bond acceptors (Lipinski definition) is 7. The number of alkyl halides is 1. The molecule has 1 amide bonds. The molecular weight excluding hydrogens is 337 g/mol. The molecule has 0 spiro atoms. The van der Waals surface area contributed by atoms with Crippen molar-refractivity contribution in [3.8, 4) is 0 Å². The fourth-order valence-corrected chi connectivity index (χ4v) is 2.21. The number of rotatable bonds is 10. The zero-order chi connectivity index (χ0) is 18.7. The number of carbonyl (C=O) groups excluding carboxylic acids is 2. The molecule has 144 valence electrons. The van der Waals surface area contributed by atoms with E-state index >= 15 is 0 Å². The number of carboxylic acid groups (broad SMARTS) is 1. The van der Waals surface area contributed by atoms with Crippen LogP contribution in [0, 0.1) is 0 Å². The molecule has 1 atom stereocenters. The summed E-state index contributed by atoms with van der Waals surface area (Å²) in [6, 6.07) is 0. The van der Waals surface area contributed by atoms with Gasteiger partial charge in [0, 0.05) is 39.1 Å². The highest BCUT2D eigenvalue weighted by atomic mass is 19.1. The van der Waals surface area contributed by atoms with Crippen LogP contribution in [-0.2, 0) is 19.1 Å². The van der Waals surface area contributed by atoms with Crippen LogP contribution >= 0.6 is 0 Å². The summed E-state index contributed by atoms with van der Waals surface area (Å²) in [5.41, 5.74) is 2.49. The minimum atomic E-state index is -1.60. The lowest BCUT2D eigenvalue weighted by Crippen LogP contribution is -2.54. The second-order valence-electron chi connectivity index (χ2n) is 5.66. The second kappa shape index (κ2) is 11.6. The molecule has 25 heavy (non-hydrogen) atoms. The summed E-state index contributed by atoms with van der Waals surface area (Å²) in [4.78, 5) is 35.2. The Morgan fingerprint density at radius 1 is 1.20 bits per heavy atom. The number of nitrogens with zero attached hydrogens (tertiary/aromatic N) is 2. The number of halogens is 1. The zero-order valence-corrected chi connectivity index (χ0v) is 14.4. The van der Waals surface area contributed by atoms with Gasteiger partial charge in [-0.2, -0.15) is 0 Å². The lowest BCUT2D eigenvalue weighted by atomic mass is 10.3. The Labute approximate surface area is 146 Å². The standard InChI is InChI=1S/C15H26FN3O6/c1-2-3-12(16)25-15(23)17-19-8-6-18(7-9-19)10-11-24-14(22)5-4-13(20)21/h12H,2-11H2,1H3,(H,17,23)(H,20,21). The fourth-order valence-electron chi connectivity index (χ4n) is 2.21. The number of carboxylic acids is 1. The lowest BCUT2D eigenvalue weighted by Gasteiger charge is -2.34. The Kier molecular flexibility index (Phi) is 9.78. The first kappa shape index (κ1) is 21.1. The van der Waals surface area contributed by atoms with Crippen LogP contribution in [0.1, 0.15) is 32.6 Å². The minimum Gasteiger partial charge on any atom is -0.481 e. The van der Waals surface area contributed by atoms with Crippen molar-refractivity contribution in [3.63, 3.8) is 0 Å². The summed E-state index contributed by atoms with van der Waals surface area (Å²) in [5.74, 6) is -1.56. The maximum Gasteiger partial charge on any atom is 0.424 e. The summed E-state index contributed by atoms with van der Waals surface area (Å²) in [5, 5.41) is 10.1. The molecule has 1 heterocycles. The third kappa shape index (κ3) is 9.82. The Hall–Kier alpha value is -1.94. The van der Waals surface area contributed by atoms with Crippen molar-refractivity contribution in [1.29, 1.82) is 0 Å². The third-order valence-electron chi connectivity index (χ3n) is 3.59. The highest BCUT2D eigenvalue weighted by Crippen LogP contribution is 2.05. The van der Waals surface area contributed by atoms with Gasteiger partial charge in [-0.3, -0.25) is 19.9 Å². The summed E-state index contributed by atoms with van der Waals surface area (Å²) in [6.07, 6.45) is -2.01. The Bertz CT molecular complexity index is 443. The molecule has 0 aromatic heterocycles. The van der Waals surface area contributed by atoms with Gasteiger partial charge in [-0.15, -0.1) is 0 Å². The van der Waals surface area contributed by atoms with Gasteiger partial charge in [-0.1, -0.05) is 6.92 Å². The molecule has 0 radical (unpaired) electrons. The second-order valence-corrected chi connectivity index (χ2v) is 5.66. The van der Waals surface area contributed by atoms with E-state index in [0.29, 0.717) is 39.1 Å². The molecular formula is C15H26FN3O6. The van der Waals surface area contributed by atoms with Crippen LogP contribution in [0.4, 0.5) is 9.18 Å².